The minimum absolute atomic E-state index is 0.118. The summed E-state index contributed by atoms with van der Waals surface area (Å²) >= 11 is 0. The molecule has 6 heteroatoms. The summed E-state index contributed by atoms with van der Waals surface area (Å²) in [5.41, 5.74) is 1.90. The molecule has 0 amide bonds. The molecule has 1 saturated heterocycles. The summed E-state index contributed by atoms with van der Waals surface area (Å²) in [7, 11) is 0. The summed E-state index contributed by atoms with van der Waals surface area (Å²) in [5.74, 6) is 0.125. The Morgan fingerprint density at radius 2 is 2.05 bits per heavy atom. The topological polar surface area (TPSA) is 69.6 Å². The summed E-state index contributed by atoms with van der Waals surface area (Å²) in [4.78, 5) is 23.8. The molecule has 104 valence electrons. The van der Waals surface area contributed by atoms with Gasteiger partial charge in [0.05, 0.1) is 24.1 Å². The third-order valence-electron chi connectivity index (χ3n) is 3.45. The summed E-state index contributed by atoms with van der Waals surface area (Å²) < 4.78 is 0. The maximum Gasteiger partial charge on any atom is 0.317 e. The van der Waals surface area contributed by atoms with Crippen molar-refractivity contribution in [3.63, 3.8) is 0 Å². The number of anilines is 1. The number of aromatic nitrogens is 2. The quantitative estimate of drug-likeness (QED) is 0.866. The van der Waals surface area contributed by atoms with Crippen LogP contribution < -0.4 is 4.90 Å². The molecule has 0 atom stereocenters. The average Bonchev–Trinajstić information content (AvgIpc) is 2.58. The second-order valence-corrected chi connectivity index (χ2v) is 4.91. The molecule has 19 heavy (non-hydrogen) atoms. The monoisotopic (exact) mass is 264 g/mol. The van der Waals surface area contributed by atoms with E-state index in [1.807, 2.05) is 18.7 Å². The fourth-order valence-corrected chi connectivity index (χ4v) is 2.23. The number of carbonyl (C=O) groups is 1. The molecule has 0 spiro atoms. The van der Waals surface area contributed by atoms with Gasteiger partial charge >= 0.3 is 5.97 Å². The first-order valence-corrected chi connectivity index (χ1v) is 6.55. The number of carboxylic acids is 1. The highest BCUT2D eigenvalue weighted by Gasteiger charge is 2.18. The predicted molar refractivity (Wildman–Crippen MR) is 72.4 cm³/mol. The van der Waals surface area contributed by atoms with Crippen molar-refractivity contribution >= 4 is 11.8 Å². The molecule has 2 heterocycles. The van der Waals surface area contributed by atoms with Gasteiger partial charge < -0.3 is 10.0 Å². The second kappa shape index (κ2) is 5.97. The van der Waals surface area contributed by atoms with Gasteiger partial charge in [-0.05, 0) is 20.3 Å². The van der Waals surface area contributed by atoms with Gasteiger partial charge in [-0.25, -0.2) is 4.98 Å². The molecule has 1 aromatic rings. The number of aliphatic carboxylic acids is 1. The third kappa shape index (κ3) is 3.64. The molecule has 0 unspecified atom stereocenters. The van der Waals surface area contributed by atoms with Crippen molar-refractivity contribution < 1.29 is 9.90 Å². The van der Waals surface area contributed by atoms with Crippen molar-refractivity contribution in [3.05, 3.63) is 17.6 Å². The Morgan fingerprint density at radius 1 is 1.26 bits per heavy atom. The predicted octanol–water partition coefficient (Wildman–Crippen LogP) is 0.690. The Hall–Kier alpha value is -1.69. The molecule has 1 fully saturated rings. The van der Waals surface area contributed by atoms with E-state index in [9.17, 15) is 4.79 Å². The second-order valence-electron chi connectivity index (χ2n) is 4.91. The number of rotatable bonds is 3. The van der Waals surface area contributed by atoms with E-state index in [1.54, 1.807) is 6.20 Å². The van der Waals surface area contributed by atoms with Gasteiger partial charge in [0.15, 0.2) is 0 Å². The fraction of sp³-hybridized carbons (Fsp3) is 0.615. The van der Waals surface area contributed by atoms with E-state index in [0.717, 1.165) is 49.8 Å². The van der Waals surface area contributed by atoms with Gasteiger partial charge in [-0.15, -0.1) is 0 Å². The van der Waals surface area contributed by atoms with Gasteiger partial charge in [0.25, 0.3) is 0 Å². The third-order valence-corrected chi connectivity index (χ3v) is 3.45. The number of carboxylic acid groups (broad SMARTS) is 1. The lowest BCUT2D eigenvalue weighted by atomic mass is 10.3. The van der Waals surface area contributed by atoms with Crippen LogP contribution in [-0.2, 0) is 4.79 Å². The molecular formula is C13H20N4O2. The molecule has 1 aliphatic rings. The number of hydrogen-bond acceptors (Lipinski definition) is 5. The maximum absolute atomic E-state index is 10.7. The summed E-state index contributed by atoms with van der Waals surface area (Å²) in [6.45, 7) is 7.29. The molecule has 6 nitrogen and oxygen atoms in total. The van der Waals surface area contributed by atoms with Gasteiger partial charge in [-0.2, -0.15) is 0 Å². The number of aryl methyl sites for hydroxylation is 2. The Balaban J connectivity index is 2.02. The Morgan fingerprint density at radius 3 is 2.74 bits per heavy atom. The first-order chi connectivity index (χ1) is 9.06. The zero-order chi connectivity index (χ0) is 13.8. The largest absolute Gasteiger partial charge is 0.480 e. The normalized spacial score (nSPS) is 17.3. The fourth-order valence-electron chi connectivity index (χ4n) is 2.23. The van der Waals surface area contributed by atoms with Crippen LogP contribution in [-0.4, -0.2) is 58.7 Å². The van der Waals surface area contributed by atoms with Crippen LogP contribution in [0.2, 0.25) is 0 Å². The van der Waals surface area contributed by atoms with Crippen molar-refractivity contribution in [2.75, 3.05) is 37.6 Å². The van der Waals surface area contributed by atoms with Crippen molar-refractivity contribution in [2.24, 2.45) is 0 Å². The Labute approximate surface area is 113 Å². The van der Waals surface area contributed by atoms with Gasteiger partial charge in [0, 0.05) is 26.2 Å². The molecule has 0 bridgehead atoms. The van der Waals surface area contributed by atoms with Crippen molar-refractivity contribution in [1.29, 1.82) is 0 Å². The number of nitrogens with zero attached hydrogens (tertiary/aromatic N) is 4. The summed E-state index contributed by atoms with van der Waals surface area (Å²) in [6.07, 6.45) is 2.75. The molecule has 0 aromatic carbocycles. The van der Waals surface area contributed by atoms with Crippen LogP contribution in [0.4, 0.5) is 5.82 Å². The molecule has 1 aliphatic heterocycles. The van der Waals surface area contributed by atoms with E-state index < -0.39 is 5.97 Å². The molecule has 0 aliphatic carbocycles. The molecule has 0 saturated carbocycles. The van der Waals surface area contributed by atoms with E-state index in [0.29, 0.717) is 0 Å². The highest BCUT2D eigenvalue weighted by molar-refractivity contribution is 5.69. The average molecular weight is 264 g/mol. The van der Waals surface area contributed by atoms with Crippen LogP contribution >= 0.6 is 0 Å². The van der Waals surface area contributed by atoms with Gasteiger partial charge in [0.1, 0.15) is 5.82 Å². The number of hydrogen-bond donors (Lipinski definition) is 1. The van der Waals surface area contributed by atoms with E-state index >= 15 is 0 Å². The molecule has 0 radical (unpaired) electrons. The van der Waals surface area contributed by atoms with Crippen LogP contribution in [0, 0.1) is 13.8 Å². The first-order valence-electron chi connectivity index (χ1n) is 6.55. The highest BCUT2D eigenvalue weighted by atomic mass is 16.4. The standard InChI is InChI=1S/C13H20N4O2/c1-10-11(2)15-12(8-14-10)17-5-3-4-16(6-7-17)9-13(18)19/h8H,3-7,9H2,1-2H3,(H,18,19). The Kier molecular flexibility index (Phi) is 4.31. The van der Waals surface area contributed by atoms with Crippen molar-refractivity contribution in [3.8, 4) is 0 Å². The minimum atomic E-state index is -0.764. The van der Waals surface area contributed by atoms with Crippen LogP contribution in [0.3, 0.4) is 0 Å². The van der Waals surface area contributed by atoms with Gasteiger partial charge in [-0.1, -0.05) is 0 Å². The van der Waals surface area contributed by atoms with E-state index in [-0.39, 0.29) is 6.54 Å². The van der Waals surface area contributed by atoms with E-state index in [4.69, 9.17) is 5.11 Å². The van der Waals surface area contributed by atoms with Crippen LogP contribution in [0.25, 0.3) is 0 Å². The van der Waals surface area contributed by atoms with Crippen molar-refractivity contribution in [1.82, 2.24) is 14.9 Å². The van der Waals surface area contributed by atoms with Crippen LogP contribution in [0.5, 0.6) is 0 Å². The summed E-state index contributed by atoms with van der Waals surface area (Å²) in [5, 5.41) is 8.83. The van der Waals surface area contributed by atoms with Gasteiger partial charge in [0.2, 0.25) is 0 Å². The summed E-state index contributed by atoms with van der Waals surface area (Å²) in [6, 6.07) is 0. The smallest absolute Gasteiger partial charge is 0.317 e. The SMILES string of the molecule is Cc1ncc(N2CCCN(CC(=O)O)CC2)nc1C. The zero-order valence-electron chi connectivity index (χ0n) is 11.5. The Bertz CT molecular complexity index is 464. The zero-order valence-corrected chi connectivity index (χ0v) is 11.5. The van der Waals surface area contributed by atoms with Crippen LogP contribution in [0.1, 0.15) is 17.8 Å². The lowest BCUT2D eigenvalue weighted by Crippen LogP contribution is -2.34. The molecule has 1 aromatic heterocycles. The van der Waals surface area contributed by atoms with E-state index in [2.05, 4.69) is 14.9 Å². The molecule has 2 rings (SSSR count). The lowest BCUT2D eigenvalue weighted by Gasteiger charge is -2.22. The maximum atomic E-state index is 10.7. The van der Waals surface area contributed by atoms with Crippen LogP contribution in [0.15, 0.2) is 6.20 Å². The minimum Gasteiger partial charge on any atom is -0.480 e. The lowest BCUT2D eigenvalue weighted by molar-refractivity contribution is -0.138. The highest BCUT2D eigenvalue weighted by Crippen LogP contribution is 2.14. The van der Waals surface area contributed by atoms with E-state index in [1.165, 1.54) is 0 Å². The molecular weight excluding hydrogens is 244 g/mol. The first kappa shape index (κ1) is 13.7. The van der Waals surface area contributed by atoms with Gasteiger partial charge in [-0.3, -0.25) is 14.7 Å². The van der Waals surface area contributed by atoms with Crippen molar-refractivity contribution in [2.45, 2.75) is 20.3 Å². The molecule has 1 N–H and O–H groups in total.